The van der Waals surface area contributed by atoms with Gasteiger partial charge in [-0.15, -0.1) is 0 Å². The first-order chi connectivity index (χ1) is 14.5. The van der Waals surface area contributed by atoms with E-state index in [1.165, 1.54) is 17.4 Å². The van der Waals surface area contributed by atoms with E-state index in [4.69, 9.17) is 15.0 Å². The highest BCUT2D eigenvalue weighted by molar-refractivity contribution is 5.94. The first-order valence-electron chi connectivity index (χ1n) is 11.3. The average molecular weight is 442 g/mol. The Morgan fingerprint density at radius 1 is 1.00 bits per heavy atom. The second-order valence-electron chi connectivity index (χ2n) is 8.62. The Bertz CT molecular complexity index is 603. The summed E-state index contributed by atoms with van der Waals surface area (Å²) in [4.78, 5) is 23.1. The zero-order valence-corrected chi connectivity index (χ0v) is 20.7. The van der Waals surface area contributed by atoms with E-state index < -0.39 is 6.04 Å². The summed E-state index contributed by atoms with van der Waals surface area (Å²) in [5, 5.41) is 18.1. The molecule has 1 amide bonds. The highest BCUT2D eigenvalue weighted by atomic mass is 19.1. The predicted octanol–water partition coefficient (Wildman–Crippen LogP) is 5.21. The SMILES string of the molecule is CC.CC(C)CC(c1ccc(C(=O)N(CCO)CCO)cc1)C(C)(C)C.CCC(=O)F. The summed E-state index contributed by atoms with van der Waals surface area (Å²) in [6.07, 6.45) is 1.11. The van der Waals surface area contributed by atoms with Crippen LogP contribution in [0.2, 0.25) is 0 Å². The second kappa shape index (κ2) is 16.8. The van der Waals surface area contributed by atoms with Crippen molar-refractivity contribution in [3.8, 4) is 0 Å². The van der Waals surface area contributed by atoms with Gasteiger partial charge in [0.1, 0.15) is 0 Å². The van der Waals surface area contributed by atoms with Crippen LogP contribution in [0.3, 0.4) is 0 Å². The number of amides is 1. The molecule has 0 bridgehead atoms. The molecular formula is C25H44FNO4. The van der Waals surface area contributed by atoms with Gasteiger partial charge >= 0.3 is 6.04 Å². The predicted molar refractivity (Wildman–Crippen MR) is 126 cm³/mol. The van der Waals surface area contributed by atoms with Gasteiger partial charge in [0, 0.05) is 25.1 Å². The molecule has 0 saturated carbocycles. The minimum absolute atomic E-state index is 0. The lowest BCUT2D eigenvalue weighted by molar-refractivity contribution is -0.128. The van der Waals surface area contributed by atoms with E-state index in [-0.39, 0.29) is 44.0 Å². The van der Waals surface area contributed by atoms with E-state index >= 15 is 0 Å². The van der Waals surface area contributed by atoms with Crippen LogP contribution in [0.5, 0.6) is 0 Å². The number of nitrogens with zero attached hydrogens (tertiary/aromatic N) is 1. The number of aliphatic hydroxyl groups excluding tert-OH is 2. The van der Waals surface area contributed by atoms with Crippen molar-refractivity contribution in [1.82, 2.24) is 4.90 Å². The highest BCUT2D eigenvalue weighted by Gasteiger charge is 2.27. The first-order valence-corrected chi connectivity index (χ1v) is 11.3. The van der Waals surface area contributed by atoms with E-state index in [2.05, 4.69) is 34.6 Å². The van der Waals surface area contributed by atoms with E-state index in [1.807, 2.05) is 38.1 Å². The molecule has 0 aliphatic heterocycles. The molecular weight excluding hydrogens is 397 g/mol. The molecule has 0 heterocycles. The van der Waals surface area contributed by atoms with Crippen LogP contribution >= 0.6 is 0 Å². The number of benzene rings is 1. The Balaban J connectivity index is 0. The minimum atomic E-state index is -1.25. The number of carbonyl (C=O) groups excluding carboxylic acids is 2. The molecule has 1 aromatic carbocycles. The Morgan fingerprint density at radius 3 is 1.71 bits per heavy atom. The third kappa shape index (κ3) is 13.3. The molecule has 1 atom stereocenters. The van der Waals surface area contributed by atoms with Crippen molar-refractivity contribution < 1.29 is 24.2 Å². The van der Waals surface area contributed by atoms with Gasteiger partial charge in [-0.05, 0) is 41.4 Å². The van der Waals surface area contributed by atoms with Gasteiger partial charge in [-0.3, -0.25) is 9.59 Å². The maximum absolute atomic E-state index is 12.5. The van der Waals surface area contributed by atoms with Gasteiger partial charge in [-0.1, -0.05) is 67.5 Å². The summed E-state index contributed by atoms with van der Waals surface area (Å²) in [6, 6.07) is 6.56. The molecule has 5 nitrogen and oxygen atoms in total. The van der Waals surface area contributed by atoms with Gasteiger partial charge in [0.25, 0.3) is 5.91 Å². The molecule has 0 aliphatic rings. The van der Waals surface area contributed by atoms with Crippen molar-refractivity contribution in [2.75, 3.05) is 26.3 Å². The molecule has 6 heteroatoms. The lowest BCUT2D eigenvalue weighted by atomic mass is 9.72. The van der Waals surface area contributed by atoms with Crippen molar-refractivity contribution in [1.29, 1.82) is 0 Å². The average Bonchev–Trinajstić information content (AvgIpc) is 2.72. The number of aliphatic hydroxyl groups is 2. The highest BCUT2D eigenvalue weighted by Crippen LogP contribution is 2.39. The van der Waals surface area contributed by atoms with Crippen molar-refractivity contribution in [2.45, 2.75) is 74.1 Å². The standard InChI is InChI=1S/C20H33NO3.C3H5FO.C2H6/c1-15(2)14-18(20(3,4)5)16-6-8-17(9-7-16)19(24)21(10-12-22)11-13-23;1-2-3(4)5;1-2/h6-9,15,18,22-23H,10-14H2,1-5H3;2H2,1H3;1-2H3. The monoisotopic (exact) mass is 441 g/mol. The molecule has 31 heavy (non-hydrogen) atoms. The number of hydrogen-bond acceptors (Lipinski definition) is 4. The second-order valence-corrected chi connectivity index (χ2v) is 8.62. The van der Waals surface area contributed by atoms with Crippen molar-refractivity contribution in [3.63, 3.8) is 0 Å². The Kier molecular flexibility index (Phi) is 17.1. The third-order valence-electron chi connectivity index (χ3n) is 4.62. The van der Waals surface area contributed by atoms with E-state index in [0.29, 0.717) is 17.4 Å². The lowest BCUT2D eigenvalue weighted by Gasteiger charge is -2.33. The first kappa shape index (κ1) is 31.4. The normalized spacial score (nSPS) is 11.6. The van der Waals surface area contributed by atoms with Gasteiger partial charge in [0.2, 0.25) is 0 Å². The fourth-order valence-electron chi connectivity index (χ4n) is 3.06. The molecule has 1 aromatic rings. The smallest absolute Gasteiger partial charge is 0.301 e. The van der Waals surface area contributed by atoms with Crippen LogP contribution in [0.25, 0.3) is 0 Å². The maximum atomic E-state index is 12.5. The van der Waals surface area contributed by atoms with Crippen LogP contribution in [0, 0.1) is 11.3 Å². The molecule has 1 rings (SSSR count). The van der Waals surface area contributed by atoms with Crippen LogP contribution in [-0.4, -0.2) is 53.4 Å². The molecule has 0 spiro atoms. The molecule has 0 aromatic heterocycles. The quantitative estimate of drug-likeness (QED) is 0.516. The van der Waals surface area contributed by atoms with Gasteiger partial charge < -0.3 is 15.1 Å². The Morgan fingerprint density at radius 2 is 1.42 bits per heavy atom. The zero-order chi connectivity index (χ0) is 24.6. The van der Waals surface area contributed by atoms with E-state index in [9.17, 15) is 9.18 Å². The topological polar surface area (TPSA) is 77.8 Å². The fraction of sp³-hybridized carbons (Fsp3) is 0.680. The van der Waals surface area contributed by atoms with E-state index in [0.717, 1.165) is 6.42 Å². The largest absolute Gasteiger partial charge is 0.395 e. The summed E-state index contributed by atoms with van der Waals surface area (Å²) < 4.78 is 10.8. The molecule has 2 N–H and O–H groups in total. The van der Waals surface area contributed by atoms with Crippen LogP contribution in [0.4, 0.5) is 4.39 Å². The van der Waals surface area contributed by atoms with Gasteiger partial charge in [-0.25, -0.2) is 0 Å². The maximum Gasteiger partial charge on any atom is 0.301 e. The molecule has 0 fully saturated rings. The number of hydrogen-bond donors (Lipinski definition) is 2. The molecule has 0 aliphatic carbocycles. The van der Waals surface area contributed by atoms with Gasteiger partial charge in [0.15, 0.2) is 0 Å². The van der Waals surface area contributed by atoms with Gasteiger partial charge in [0.05, 0.1) is 13.2 Å². The van der Waals surface area contributed by atoms with Crippen LogP contribution in [0.15, 0.2) is 24.3 Å². The van der Waals surface area contributed by atoms with Crippen molar-refractivity contribution in [3.05, 3.63) is 35.4 Å². The summed E-state index contributed by atoms with van der Waals surface area (Å²) in [5.74, 6) is 0.897. The third-order valence-corrected chi connectivity index (χ3v) is 4.62. The summed E-state index contributed by atoms with van der Waals surface area (Å²) >= 11 is 0. The molecule has 180 valence electrons. The van der Waals surface area contributed by atoms with Crippen LogP contribution in [0.1, 0.15) is 90.1 Å². The van der Waals surface area contributed by atoms with Crippen molar-refractivity contribution >= 4 is 11.9 Å². The Hall–Kier alpha value is -1.79. The summed E-state index contributed by atoms with van der Waals surface area (Å²) in [6.45, 7) is 17.0. The van der Waals surface area contributed by atoms with Crippen LogP contribution < -0.4 is 0 Å². The van der Waals surface area contributed by atoms with Gasteiger partial charge in [-0.2, -0.15) is 4.39 Å². The number of rotatable bonds is 9. The van der Waals surface area contributed by atoms with Crippen LogP contribution in [-0.2, 0) is 4.79 Å². The van der Waals surface area contributed by atoms with E-state index in [1.54, 1.807) is 0 Å². The number of halogens is 1. The Labute approximate surface area is 188 Å². The lowest BCUT2D eigenvalue weighted by Crippen LogP contribution is -2.35. The summed E-state index contributed by atoms with van der Waals surface area (Å²) in [7, 11) is 0. The fourth-order valence-corrected chi connectivity index (χ4v) is 3.06. The summed E-state index contributed by atoms with van der Waals surface area (Å²) in [5.41, 5.74) is 2.01. The molecule has 0 saturated heterocycles. The molecule has 1 unspecified atom stereocenters. The van der Waals surface area contributed by atoms with Crippen molar-refractivity contribution in [2.24, 2.45) is 11.3 Å². The molecule has 0 radical (unpaired) electrons. The minimum Gasteiger partial charge on any atom is -0.395 e. The number of carbonyl (C=O) groups is 2. The zero-order valence-electron chi connectivity index (χ0n) is 20.7.